The Morgan fingerprint density at radius 1 is 0.441 bits per heavy atom. The van der Waals surface area contributed by atoms with E-state index in [1.165, 1.54) is 98.4 Å². The highest BCUT2D eigenvalue weighted by atomic mass is 14.6. The van der Waals surface area contributed by atoms with Gasteiger partial charge in [0.25, 0.3) is 0 Å². The molecule has 0 spiro atoms. The van der Waals surface area contributed by atoms with Crippen molar-refractivity contribution in [3.05, 3.63) is 224 Å². The molecule has 0 amide bonds. The highest BCUT2D eigenvalue weighted by molar-refractivity contribution is 6.26. The van der Waals surface area contributed by atoms with Gasteiger partial charge in [0.05, 0.1) is 5.52 Å². The van der Waals surface area contributed by atoms with Crippen molar-refractivity contribution in [1.29, 1.82) is 0 Å². The number of para-hydroxylation sites is 1. The van der Waals surface area contributed by atoms with E-state index in [2.05, 4.69) is 202 Å². The number of hydrogen-bond donors (Lipinski definition) is 0. The van der Waals surface area contributed by atoms with Gasteiger partial charge in [0.15, 0.2) is 0 Å². The van der Waals surface area contributed by atoms with Gasteiger partial charge in [-0.25, -0.2) is 0 Å². The molecule has 59 heavy (non-hydrogen) atoms. The highest BCUT2D eigenvalue weighted by Gasteiger charge is 2.21. The summed E-state index contributed by atoms with van der Waals surface area (Å²) in [4.78, 5) is 4.91. The third-order valence-electron chi connectivity index (χ3n) is 12.2. The molecule has 0 aliphatic heterocycles. The van der Waals surface area contributed by atoms with Crippen LogP contribution >= 0.6 is 0 Å². The monoisotopic (exact) mass is 749 g/mol. The molecule has 11 aromatic rings. The largest absolute Gasteiger partial charge is 0.256 e. The summed E-state index contributed by atoms with van der Waals surface area (Å²) >= 11 is 0. The van der Waals surface area contributed by atoms with E-state index in [1.54, 1.807) is 0 Å². The average Bonchev–Trinajstić information content (AvgIpc) is 3.29. The molecule has 10 aromatic carbocycles. The minimum Gasteiger partial charge on any atom is -0.256 e. The van der Waals surface area contributed by atoms with Crippen molar-refractivity contribution in [2.24, 2.45) is 0 Å². The van der Waals surface area contributed by atoms with Gasteiger partial charge in [-0.1, -0.05) is 189 Å². The molecule has 276 valence electrons. The molecule has 0 atom stereocenters. The first kappa shape index (κ1) is 34.6. The Bertz CT molecular complexity index is 3420. The fraction of sp³-hybridized carbons (Fsp3) is 0.0172. The zero-order valence-electron chi connectivity index (χ0n) is 32.8. The lowest BCUT2D eigenvalue weighted by atomic mass is 9.82. The van der Waals surface area contributed by atoms with Gasteiger partial charge < -0.3 is 0 Å². The fourth-order valence-corrected chi connectivity index (χ4v) is 9.56. The first-order valence-electron chi connectivity index (χ1n) is 20.3. The van der Waals surface area contributed by atoms with E-state index in [1.807, 2.05) is 18.3 Å². The predicted octanol–water partition coefficient (Wildman–Crippen LogP) is 16.0. The number of rotatable bonds is 6. The molecule has 0 aliphatic rings. The Morgan fingerprint density at radius 2 is 0.881 bits per heavy atom. The Morgan fingerprint density at radius 3 is 1.42 bits per heavy atom. The van der Waals surface area contributed by atoms with Crippen LogP contribution in [-0.2, 0) is 0 Å². The van der Waals surface area contributed by atoms with Crippen LogP contribution in [0.15, 0.2) is 207 Å². The average molecular weight is 750 g/mol. The van der Waals surface area contributed by atoms with Crippen LogP contribution < -0.4 is 0 Å². The number of hydrogen-bond acceptors (Lipinski definition) is 1. The fourth-order valence-electron chi connectivity index (χ4n) is 9.56. The number of aryl methyl sites for hydroxylation is 1. The summed E-state index contributed by atoms with van der Waals surface area (Å²) in [5, 5.41) is 13.4. The van der Waals surface area contributed by atoms with Crippen LogP contribution in [0.3, 0.4) is 0 Å². The van der Waals surface area contributed by atoms with Gasteiger partial charge in [-0.2, -0.15) is 0 Å². The molecule has 1 heterocycles. The molecule has 0 unspecified atom stereocenters. The number of pyridine rings is 1. The second kappa shape index (κ2) is 14.1. The standard InChI is InChI=1S/C58H39N/c1-3-38(34-39-19-5-4-18-37(39)2)55-46-21-7-11-25-50(46)57(51-26-12-8-22-47(51)55)44-31-16-30-43-42(44)29-17-32-45(43)58-52-27-13-9-23-48(52)56(49-24-10-14-28-53(49)58)41-35-40-20-6-15-33-54(40)59-36-41/h3-36H,1H2,2H3/b38-34+. The molecule has 0 N–H and O–H groups in total. The predicted molar refractivity (Wildman–Crippen MR) is 255 cm³/mol. The molecule has 1 nitrogen and oxygen atoms in total. The van der Waals surface area contributed by atoms with Crippen LogP contribution in [0.5, 0.6) is 0 Å². The van der Waals surface area contributed by atoms with Gasteiger partial charge in [0.1, 0.15) is 0 Å². The Balaban J connectivity index is 1.19. The molecule has 1 aromatic heterocycles. The minimum atomic E-state index is 1.00. The van der Waals surface area contributed by atoms with Crippen LogP contribution in [0.25, 0.3) is 110 Å². The molecule has 0 radical (unpaired) electrons. The first-order chi connectivity index (χ1) is 29.2. The molecule has 11 rings (SSSR count). The van der Waals surface area contributed by atoms with Gasteiger partial charge in [-0.05, 0) is 129 Å². The second-order valence-corrected chi connectivity index (χ2v) is 15.5. The van der Waals surface area contributed by atoms with Crippen LogP contribution in [0.1, 0.15) is 16.7 Å². The summed E-state index contributed by atoms with van der Waals surface area (Å²) in [6.07, 6.45) is 6.34. The summed E-state index contributed by atoms with van der Waals surface area (Å²) in [6, 6.07) is 68.5. The van der Waals surface area contributed by atoms with Crippen LogP contribution in [0, 0.1) is 6.92 Å². The maximum Gasteiger partial charge on any atom is 0.0702 e. The lowest BCUT2D eigenvalue weighted by Crippen LogP contribution is -1.95. The van der Waals surface area contributed by atoms with E-state index in [9.17, 15) is 0 Å². The number of benzene rings is 10. The van der Waals surface area contributed by atoms with Crippen molar-refractivity contribution in [2.75, 3.05) is 0 Å². The van der Waals surface area contributed by atoms with E-state index in [0.717, 1.165) is 22.0 Å². The van der Waals surface area contributed by atoms with Crippen molar-refractivity contribution < 1.29 is 0 Å². The first-order valence-corrected chi connectivity index (χ1v) is 20.3. The highest BCUT2D eigenvalue weighted by Crippen LogP contribution is 2.48. The smallest absolute Gasteiger partial charge is 0.0702 e. The minimum absolute atomic E-state index is 1.00. The molecule has 0 saturated carbocycles. The maximum absolute atomic E-state index is 4.91. The van der Waals surface area contributed by atoms with Crippen LogP contribution in [0.2, 0.25) is 0 Å². The number of nitrogens with zero attached hydrogens (tertiary/aromatic N) is 1. The van der Waals surface area contributed by atoms with Crippen LogP contribution in [-0.4, -0.2) is 4.98 Å². The van der Waals surface area contributed by atoms with Crippen molar-refractivity contribution in [1.82, 2.24) is 4.98 Å². The number of aromatic nitrogens is 1. The Labute approximate surface area is 343 Å². The van der Waals surface area contributed by atoms with E-state index >= 15 is 0 Å². The molecular weight excluding hydrogens is 711 g/mol. The summed E-state index contributed by atoms with van der Waals surface area (Å²) in [7, 11) is 0. The van der Waals surface area contributed by atoms with Crippen LogP contribution in [0.4, 0.5) is 0 Å². The zero-order chi connectivity index (χ0) is 39.5. The molecule has 0 bridgehead atoms. The lowest BCUT2D eigenvalue weighted by Gasteiger charge is -2.21. The summed E-state index contributed by atoms with van der Waals surface area (Å²) < 4.78 is 0. The third kappa shape index (κ3) is 5.58. The van der Waals surface area contributed by atoms with Crippen molar-refractivity contribution in [3.8, 4) is 33.4 Å². The quantitative estimate of drug-likeness (QED) is 0.0937. The molecule has 1 heteroatoms. The molecule has 0 aliphatic carbocycles. The molecular formula is C58H39N. The number of allylic oxidation sites excluding steroid dienone is 2. The molecule has 0 saturated heterocycles. The van der Waals surface area contributed by atoms with Gasteiger partial charge in [0.2, 0.25) is 0 Å². The topological polar surface area (TPSA) is 12.9 Å². The normalized spacial score (nSPS) is 12.0. The lowest BCUT2D eigenvalue weighted by molar-refractivity contribution is 1.41. The van der Waals surface area contributed by atoms with E-state index in [4.69, 9.17) is 4.98 Å². The SMILES string of the molecule is C=C/C(=C\c1ccccc1C)c1c2ccccc2c(-c2cccc3c(-c4c5ccccc5c(-c5cnc6ccccc6c5)c5ccccc45)cccc23)c2ccccc12. The van der Waals surface area contributed by atoms with E-state index < -0.39 is 0 Å². The number of fused-ring (bicyclic) bond motifs is 6. The van der Waals surface area contributed by atoms with Crippen molar-refractivity contribution >= 4 is 76.4 Å². The van der Waals surface area contributed by atoms with Gasteiger partial charge in [-0.3, -0.25) is 4.98 Å². The van der Waals surface area contributed by atoms with Crippen molar-refractivity contribution in [2.45, 2.75) is 6.92 Å². The van der Waals surface area contributed by atoms with Gasteiger partial charge >= 0.3 is 0 Å². The van der Waals surface area contributed by atoms with Gasteiger partial charge in [-0.15, -0.1) is 0 Å². The Kier molecular flexibility index (Phi) is 8.27. The molecule has 0 fully saturated rings. The van der Waals surface area contributed by atoms with Gasteiger partial charge in [0, 0.05) is 17.1 Å². The van der Waals surface area contributed by atoms with Crippen molar-refractivity contribution in [3.63, 3.8) is 0 Å². The summed E-state index contributed by atoms with van der Waals surface area (Å²) in [6.45, 7) is 6.51. The third-order valence-corrected chi connectivity index (χ3v) is 12.2. The van der Waals surface area contributed by atoms with E-state index in [-0.39, 0.29) is 0 Å². The summed E-state index contributed by atoms with van der Waals surface area (Å²) in [5.74, 6) is 0. The second-order valence-electron chi connectivity index (χ2n) is 15.5. The Hall–Kier alpha value is -7.61. The summed E-state index contributed by atoms with van der Waals surface area (Å²) in [5.41, 5.74) is 13.0. The van der Waals surface area contributed by atoms with E-state index in [0.29, 0.717) is 0 Å². The zero-order valence-corrected chi connectivity index (χ0v) is 32.8. The maximum atomic E-state index is 4.91.